The number of carbonyl (C=O) groups is 3. The second-order valence-electron chi connectivity index (χ2n) is 7.84. The van der Waals surface area contributed by atoms with E-state index in [1.54, 1.807) is 34.1 Å². The van der Waals surface area contributed by atoms with Gasteiger partial charge in [0, 0.05) is 48.4 Å². The van der Waals surface area contributed by atoms with Crippen molar-refractivity contribution in [3.05, 3.63) is 59.6 Å². The van der Waals surface area contributed by atoms with Crippen LogP contribution in [0.15, 0.2) is 54.6 Å². The molecule has 2 saturated heterocycles. The highest BCUT2D eigenvalue weighted by molar-refractivity contribution is 6.30. The summed E-state index contributed by atoms with van der Waals surface area (Å²) in [5, 5.41) is 3.55. The molecule has 2 aromatic rings. The van der Waals surface area contributed by atoms with Crippen molar-refractivity contribution in [2.24, 2.45) is 11.8 Å². The van der Waals surface area contributed by atoms with Crippen LogP contribution < -0.4 is 10.2 Å². The topological polar surface area (TPSA) is 69.7 Å². The molecule has 4 rings (SSSR count). The van der Waals surface area contributed by atoms with Crippen molar-refractivity contribution >= 4 is 40.7 Å². The SMILES string of the molecule is O=C(Nc1ccccc1)C1CCN(C(=O)C2CC(=O)N(c3ccc(Cl)cc3)C2)CC1. The molecule has 2 aromatic carbocycles. The van der Waals surface area contributed by atoms with Gasteiger partial charge in [-0.2, -0.15) is 0 Å². The number of anilines is 2. The lowest BCUT2D eigenvalue weighted by Gasteiger charge is -2.33. The van der Waals surface area contributed by atoms with Crippen LogP contribution in [0.3, 0.4) is 0 Å². The van der Waals surface area contributed by atoms with Crippen LogP contribution in [0.5, 0.6) is 0 Å². The van der Waals surface area contributed by atoms with Gasteiger partial charge in [0.1, 0.15) is 0 Å². The lowest BCUT2D eigenvalue weighted by atomic mass is 9.94. The highest BCUT2D eigenvalue weighted by atomic mass is 35.5. The minimum absolute atomic E-state index is 0.00160. The van der Waals surface area contributed by atoms with E-state index in [4.69, 9.17) is 11.6 Å². The average molecular weight is 426 g/mol. The molecule has 0 bridgehead atoms. The Bertz CT molecular complexity index is 924. The summed E-state index contributed by atoms with van der Waals surface area (Å²) in [5.41, 5.74) is 1.55. The summed E-state index contributed by atoms with van der Waals surface area (Å²) in [6.07, 6.45) is 1.48. The van der Waals surface area contributed by atoms with Gasteiger partial charge in [0.25, 0.3) is 0 Å². The van der Waals surface area contributed by atoms with Gasteiger partial charge in [-0.1, -0.05) is 29.8 Å². The molecule has 0 aliphatic carbocycles. The Kier molecular flexibility index (Phi) is 6.04. The summed E-state index contributed by atoms with van der Waals surface area (Å²) in [6.45, 7) is 1.46. The molecule has 2 fully saturated rings. The molecule has 1 atom stereocenters. The first-order valence-electron chi connectivity index (χ1n) is 10.2. The molecule has 6 nitrogen and oxygen atoms in total. The molecule has 0 saturated carbocycles. The smallest absolute Gasteiger partial charge is 0.228 e. The summed E-state index contributed by atoms with van der Waals surface area (Å²) in [7, 11) is 0. The van der Waals surface area contributed by atoms with E-state index in [-0.39, 0.29) is 36.0 Å². The zero-order valence-electron chi connectivity index (χ0n) is 16.6. The van der Waals surface area contributed by atoms with Gasteiger partial charge in [-0.05, 0) is 49.2 Å². The third kappa shape index (κ3) is 4.49. The normalized spacial score (nSPS) is 19.8. The monoisotopic (exact) mass is 425 g/mol. The van der Waals surface area contributed by atoms with Crippen molar-refractivity contribution in [1.29, 1.82) is 0 Å². The van der Waals surface area contributed by atoms with Crippen molar-refractivity contribution in [2.45, 2.75) is 19.3 Å². The van der Waals surface area contributed by atoms with Gasteiger partial charge >= 0.3 is 0 Å². The fourth-order valence-electron chi connectivity index (χ4n) is 4.13. The number of hydrogen-bond donors (Lipinski definition) is 1. The van der Waals surface area contributed by atoms with Crippen molar-refractivity contribution in [3.63, 3.8) is 0 Å². The number of hydrogen-bond acceptors (Lipinski definition) is 3. The predicted octanol–water partition coefficient (Wildman–Crippen LogP) is 3.57. The number of nitrogens with zero attached hydrogens (tertiary/aromatic N) is 2. The lowest BCUT2D eigenvalue weighted by Crippen LogP contribution is -2.44. The zero-order chi connectivity index (χ0) is 21.1. The van der Waals surface area contributed by atoms with E-state index in [0.29, 0.717) is 37.5 Å². The van der Waals surface area contributed by atoms with Gasteiger partial charge in [-0.15, -0.1) is 0 Å². The minimum atomic E-state index is -0.345. The maximum Gasteiger partial charge on any atom is 0.228 e. The molecule has 1 N–H and O–H groups in total. The van der Waals surface area contributed by atoms with Gasteiger partial charge in [0.05, 0.1) is 5.92 Å². The first-order chi connectivity index (χ1) is 14.5. The van der Waals surface area contributed by atoms with Crippen LogP contribution in [0, 0.1) is 11.8 Å². The van der Waals surface area contributed by atoms with Crippen molar-refractivity contribution in [1.82, 2.24) is 4.90 Å². The van der Waals surface area contributed by atoms with E-state index in [1.165, 1.54) is 0 Å². The Morgan fingerprint density at radius 1 is 0.933 bits per heavy atom. The Labute approximate surface area is 180 Å². The van der Waals surface area contributed by atoms with Crippen LogP contribution in [-0.4, -0.2) is 42.3 Å². The van der Waals surface area contributed by atoms with Gasteiger partial charge in [-0.25, -0.2) is 0 Å². The highest BCUT2D eigenvalue weighted by Crippen LogP contribution is 2.29. The fourth-order valence-corrected chi connectivity index (χ4v) is 4.26. The largest absolute Gasteiger partial charge is 0.342 e. The Morgan fingerprint density at radius 3 is 2.27 bits per heavy atom. The number of halogens is 1. The molecule has 156 valence electrons. The van der Waals surface area contributed by atoms with Crippen LogP contribution >= 0.6 is 11.6 Å². The first-order valence-corrected chi connectivity index (χ1v) is 10.6. The Balaban J connectivity index is 1.30. The van der Waals surface area contributed by atoms with Crippen molar-refractivity contribution in [2.75, 3.05) is 29.9 Å². The second kappa shape index (κ2) is 8.88. The number of likely N-dealkylation sites (tertiary alicyclic amines) is 1. The van der Waals surface area contributed by atoms with Crippen molar-refractivity contribution < 1.29 is 14.4 Å². The maximum absolute atomic E-state index is 13.0. The standard InChI is InChI=1S/C23H24ClN3O3/c24-18-6-8-20(9-7-18)27-15-17(14-21(27)28)23(30)26-12-10-16(11-13-26)22(29)25-19-4-2-1-3-5-19/h1-9,16-17H,10-15H2,(H,25,29). The third-order valence-electron chi connectivity index (χ3n) is 5.83. The molecule has 3 amide bonds. The van der Waals surface area contributed by atoms with Gasteiger partial charge < -0.3 is 15.1 Å². The molecule has 0 aromatic heterocycles. The van der Waals surface area contributed by atoms with E-state index in [1.807, 2.05) is 30.3 Å². The number of nitrogens with one attached hydrogen (secondary N) is 1. The lowest BCUT2D eigenvalue weighted by molar-refractivity contribution is -0.138. The molecule has 2 aliphatic rings. The summed E-state index contributed by atoms with van der Waals surface area (Å²) in [4.78, 5) is 41.4. The molecule has 2 heterocycles. The quantitative estimate of drug-likeness (QED) is 0.814. The van der Waals surface area contributed by atoms with Crippen molar-refractivity contribution in [3.8, 4) is 0 Å². The molecule has 30 heavy (non-hydrogen) atoms. The molecule has 2 aliphatic heterocycles. The first kappa shape index (κ1) is 20.4. The number of amides is 3. The summed E-state index contributed by atoms with van der Waals surface area (Å²) in [6, 6.07) is 16.5. The van der Waals surface area contributed by atoms with Gasteiger partial charge in [-0.3, -0.25) is 14.4 Å². The predicted molar refractivity (Wildman–Crippen MR) is 116 cm³/mol. The zero-order valence-corrected chi connectivity index (χ0v) is 17.3. The van der Waals surface area contributed by atoms with E-state index < -0.39 is 0 Å². The number of para-hydroxylation sites is 1. The van der Waals surface area contributed by atoms with Crippen LogP contribution in [0.1, 0.15) is 19.3 Å². The molecular weight excluding hydrogens is 402 g/mol. The fraction of sp³-hybridized carbons (Fsp3) is 0.348. The van der Waals surface area contributed by atoms with E-state index in [0.717, 1.165) is 11.4 Å². The highest BCUT2D eigenvalue weighted by Gasteiger charge is 2.38. The molecule has 7 heteroatoms. The van der Waals surface area contributed by atoms with Gasteiger partial charge in [0.2, 0.25) is 17.7 Å². The van der Waals surface area contributed by atoms with Crippen LogP contribution in [0.25, 0.3) is 0 Å². The van der Waals surface area contributed by atoms with E-state index in [9.17, 15) is 14.4 Å². The van der Waals surface area contributed by atoms with Crippen LogP contribution in [-0.2, 0) is 14.4 Å². The van der Waals surface area contributed by atoms with Crippen LogP contribution in [0.2, 0.25) is 5.02 Å². The molecule has 1 unspecified atom stereocenters. The maximum atomic E-state index is 13.0. The summed E-state index contributed by atoms with van der Waals surface area (Å²) < 4.78 is 0. The number of rotatable bonds is 4. The van der Waals surface area contributed by atoms with Gasteiger partial charge in [0.15, 0.2) is 0 Å². The molecular formula is C23H24ClN3O3. The summed E-state index contributed by atoms with van der Waals surface area (Å²) >= 11 is 5.92. The summed E-state index contributed by atoms with van der Waals surface area (Å²) in [5.74, 6) is -0.499. The number of carbonyl (C=O) groups excluding carboxylic acids is 3. The van der Waals surface area contributed by atoms with Crippen LogP contribution in [0.4, 0.5) is 11.4 Å². The third-order valence-corrected chi connectivity index (χ3v) is 6.08. The van der Waals surface area contributed by atoms with E-state index >= 15 is 0 Å². The number of benzene rings is 2. The minimum Gasteiger partial charge on any atom is -0.342 e. The number of piperidine rings is 1. The Hall–Kier alpha value is -2.86. The Morgan fingerprint density at radius 2 is 1.60 bits per heavy atom. The van der Waals surface area contributed by atoms with E-state index in [2.05, 4.69) is 5.32 Å². The second-order valence-corrected chi connectivity index (χ2v) is 8.27. The molecule has 0 spiro atoms. The average Bonchev–Trinajstić information content (AvgIpc) is 3.16. The molecule has 0 radical (unpaired) electrons.